The van der Waals surface area contributed by atoms with Gasteiger partial charge in [-0.1, -0.05) is 13.3 Å². The first-order valence-corrected chi connectivity index (χ1v) is 7.22. The average Bonchev–Trinajstić information content (AvgIpc) is 2.47. The highest BCUT2D eigenvalue weighted by atomic mass is 16.3. The second kappa shape index (κ2) is 6.61. The van der Waals surface area contributed by atoms with Crippen molar-refractivity contribution in [3.05, 3.63) is 23.8 Å². The van der Waals surface area contributed by atoms with Gasteiger partial charge in [-0.05, 0) is 31.2 Å². The summed E-state index contributed by atoms with van der Waals surface area (Å²) in [6, 6.07) is 4.51. The molecule has 1 aromatic rings. The smallest absolute Gasteiger partial charge is 0.256 e. The van der Waals surface area contributed by atoms with Crippen LogP contribution >= 0.6 is 0 Å². The van der Waals surface area contributed by atoms with Gasteiger partial charge >= 0.3 is 0 Å². The van der Waals surface area contributed by atoms with Gasteiger partial charge in [0.1, 0.15) is 5.75 Å². The van der Waals surface area contributed by atoms with Crippen LogP contribution < -0.4 is 5.73 Å². The molecule has 0 bridgehead atoms. The predicted octanol–water partition coefficient (Wildman–Crippen LogP) is 1.53. The normalized spacial score (nSPS) is 16.4. The van der Waals surface area contributed by atoms with Crippen LogP contribution in [0, 0.1) is 0 Å². The van der Waals surface area contributed by atoms with Crippen molar-refractivity contribution in [2.24, 2.45) is 0 Å². The minimum absolute atomic E-state index is 0.0733. The quantitative estimate of drug-likeness (QED) is 0.647. The largest absolute Gasteiger partial charge is 0.508 e. The van der Waals surface area contributed by atoms with Crippen molar-refractivity contribution in [1.82, 2.24) is 9.80 Å². The van der Waals surface area contributed by atoms with Gasteiger partial charge in [-0.3, -0.25) is 9.69 Å². The Kier molecular flexibility index (Phi) is 4.84. The van der Waals surface area contributed by atoms with Gasteiger partial charge in [-0.2, -0.15) is 0 Å². The number of carbonyl (C=O) groups is 1. The Morgan fingerprint density at radius 1 is 1.30 bits per heavy atom. The van der Waals surface area contributed by atoms with E-state index in [-0.39, 0.29) is 11.7 Å². The topological polar surface area (TPSA) is 69.8 Å². The van der Waals surface area contributed by atoms with E-state index in [0.717, 1.165) is 32.7 Å². The van der Waals surface area contributed by atoms with Gasteiger partial charge in [-0.15, -0.1) is 0 Å². The maximum absolute atomic E-state index is 12.4. The summed E-state index contributed by atoms with van der Waals surface area (Å²) in [5.74, 6) is -0.0160. The number of phenols is 1. The van der Waals surface area contributed by atoms with E-state index in [9.17, 15) is 9.90 Å². The molecule has 1 heterocycles. The molecule has 1 saturated heterocycles. The van der Waals surface area contributed by atoms with Crippen LogP contribution in [-0.4, -0.2) is 53.5 Å². The number of rotatable bonds is 4. The fourth-order valence-corrected chi connectivity index (χ4v) is 2.46. The first-order valence-electron chi connectivity index (χ1n) is 7.22. The van der Waals surface area contributed by atoms with Gasteiger partial charge in [-0.25, -0.2) is 0 Å². The number of unbranched alkanes of at least 4 members (excludes halogenated alkanes) is 1. The summed E-state index contributed by atoms with van der Waals surface area (Å²) in [5, 5.41) is 9.49. The number of nitrogens with zero attached hydrogens (tertiary/aromatic N) is 2. The monoisotopic (exact) mass is 277 g/mol. The van der Waals surface area contributed by atoms with Gasteiger partial charge in [0.05, 0.1) is 5.56 Å². The molecule has 5 nitrogen and oxygen atoms in total. The zero-order chi connectivity index (χ0) is 14.5. The molecular formula is C15H23N3O2. The molecule has 1 aromatic carbocycles. The summed E-state index contributed by atoms with van der Waals surface area (Å²) in [5.41, 5.74) is 6.63. The van der Waals surface area contributed by atoms with Gasteiger partial charge in [0, 0.05) is 31.9 Å². The van der Waals surface area contributed by atoms with E-state index in [0.29, 0.717) is 11.3 Å². The highest BCUT2D eigenvalue weighted by molar-refractivity contribution is 5.99. The van der Waals surface area contributed by atoms with Crippen LogP contribution in [0.4, 0.5) is 5.69 Å². The van der Waals surface area contributed by atoms with Crippen molar-refractivity contribution in [3.63, 3.8) is 0 Å². The number of aromatic hydroxyl groups is 1. The first-order chi connectivity index (χ1) is 9.61. The fourth-order valence-electron chi connectivity index (χ4n) is 2.46. The van der Waals surface area contributed by atoms with Crippen LogP contribution in [0.25, 0.3) is 0 Å². The third-order valence-electron chi connectivity index (χ3n) is 3.75. The van der Waals surface area contributed by atoms with Gasteiger partial charge in [0.25, 0.3) is 5.91 Å². The number of hydrogen-bond acceptors (Lipinski definition) is 4. The highest BCUT2D eigenvalue weighted by Crippen LogP contribution is 2.20. The van der Waals surface area contributed by atoms with E-state index in [4.69, 9.17) is 5.73 Å². The van der Waals surface area contributed by atoms with Crippen molar-refractivity contribution >= 4 is 11.6 Å². The van der Waals surface area contributed by atoms with Crippen LogP contribution in [0.15, 0.2) is 18.2 Å². The molecule has 0 unspecified atom stereocenters. The Morgan fingerprint density at radius 2 is 2.00 bits per heavy atom. The second-order valence-electron chi connectivity index (χ2n) is 5.26. The number of amides is 1. The molecule has 0 aromatic heterocycles. The Hall–Kier alpha value is -1.75. The van der Waals surface area contributed by atoms with E-state index in [2.05, 4.69) is 11.8 Å². The maximum Gasteiger partial charge on any atom is 0.256 e. The number of benzene rings is 1. The van der Waals surface area contributed by atoms with E-state index in [1.807, 2.05) is 4.90 Å². The minimum atomic E-state index is -0.0893. The van der Waals surface area contributed by atoms with E-state index < -0.39 is 0 Å². The lowest BCUT2D eigenvalue weighted by atomic mass is 10.1. The number of anilines is 1. The number of phenolic OH excluding ortho intramolecular Hbond substituents is 1. The zero-order valence-electron chi connectivity index (χ0n) is 12.0. The summed E-state index contributed by atoms with van der Waals surface area (Å²) in [6.07, 6.45) is 2.40. The number of carbonyl (C=O) groups excluding carboxylic acids is 1. The van der Waals surface area contributed by atoms with Gasteiger partial charge < -0.3 is 15.7 Å². The number of piperazine rings is 1. The van der Waals surface area contributed by atoms with E-state index in [1.165, 1.54) is 25.0 Å². The number of nitrogens with two attached hydrogens (primary N) is 1. The van der Waals surface area contributed by atoms with Crippen molar-refractivity contribution < 1.29 is 9.90 Å². The van der Waals surface area contributed by atoms with Gasteiger partial charge in [0.2, 0.25) is 0 Å². The molecule has 0 atom stereocenters. The fraction of sp³-hybridized carbons (Fsp3) is 0.533. The van der Waals surface area contributed by atoms with Crippen LogP contribution in [0.1, 0.15) is 30.1 Å². The lowest BCUT2D eigenvalue weighted by Crippen LogP contribution is -2.48. The Labute approximate surface area is 120 Å². The second-order valence-corrected chi connectivity index (χ2v) is 5.26. The third-order valence-corrected chi connectivity index (χ3v) is 3.75. The molecule has 1 fully saturated rings. The predicted molar refractivity (Wildman–Crippen MR) is 79.8 cm³/mol. The molecule has 1 aliphatic heterocycles. The van der Waals surface area contributed by atoms with Crippen LogP contribution in [0.3, 0.4) is 0 Å². The number of hydrogen-bond donors (Lipinski definition) is 2. The SMILES string of the molecule is CCCCN1CCN(C(=O)c2cc(O)ccc2N)CC1. The molecule has 0 aliphatic carbocycles. The first kappa shape index (κ1) is 14.7. The molecule has 1 amide bonds. The molecular weight excluding hydrogens is 254 g/mol. The Morgan fingerprint density at radius 3 is 2.65 bits per heavy atom. The maximum atomic E-state index is 12.4. The molecule has 20 heavy (non-hydrogen) atoms. The standard InChI is InChI=1S/C15H23N3O2/c1-2-3-6-17-7-9-18(10-8-17)15(20)13-11-12(19)4-5-14(13)16/h4-5,11,19H,2-3,6-10,16H2,1H3. The zero-order valence-corrected chi connectivity index (χ0v) is 12.0. The summed E-state index contributed by atoms with van der Waals surface area (Å²) in [6.45, 7) is 6.54. The molecule has 2 rings (SSSR count). The molecule has 110 valence electrons. The van der Waals surface area contributed by atoms with E-state index >= 15 is 0 Å². The van der Waals surface area contributed by atoms with Crippen LogP contribution in [-0.2, 0) is 0 Å². The molecule has 0 radical (unpaired) electrons. The van der Waals surface area contributed by atoms with Crippen LogP contribution in [0.2, 0.25) is 0 Å². The van der Waals surface area contributed by atoms with Crippen molar-refractivity contribution in [2.45, 2.75) is 19.8 Å². The summed E-state index contributed by atoms with van der Waals surface area (Å²) >= 11 is 0. The summed E-state index contributed by atoms with van der Waals surface area (Å²) in [7, 11) is 0. The Bertz CT molecular complexity index is 468. The molecule has 3 N–H and O–H groups in total. The minimum Gasteiger partial charge on any atom is -0.508 e. The lowest BCUT2D eigenvalue weighted by molar-refractivity contribution is 0.0636. The van der Waals surface area contributed by atoms with Crippen molar-refractivity contribution in [3.8, 4) is 5.75 Å². The highest BCUT2D eigenvalue weighted by Gasteiger charge is 2.23. The van der Waals surface area contributed by atoms with Gasteiger partial charge in [0.15, 0.2) is 0 Å². The summed E-state index contributed by atoms with van der Waals surface area (Å²) in [4.78, 5) is 16.6. The van der Waals surface area contributed by atoms with Crippen molar-refractivity contribution in [2.75, 3.05) is 38.5 Å². The molecule has 0 saturated carbocycles. The lowest BCUT2D eigenvalue weighted by Gasteiger charge is -2.34. The van der Waals surface area contributed by atoms with E-state index in [1.54, 1.807) is 6.07 Å². The average molecular weight is 277 g/mol. The molecule has 0 spiro atoms. The van der Waals surface area contributed by atoms with Crippen molar-refractivity contribution in [1.29, 1.82) is 0 Å². The molecule has 1 aliphatic rings. The van der Waals surface area contributed by atoms with Crippen LogP contribution in [0.5, 0.6) is 5.75 Å². The third kappa shape index (κ3) is 3.42. The molecule has 5 heteroatoms. The number of nitrogen functional groups attached to an aromatic ring is 1. The Balaban J connectivity index is 1.96. The summed E-state index contributed by atoms with van der Waals surface area (Å²) < 4.78 is 0.